The summed E-state index contributed by atoms with van der Waals surface area (Å²) in [7, 11) is 1.48. The number of hydrogen-bond acceptors (Lipinski definition) is 2. The molecule has 2 N–H and O–H groups in total. The SMILES string of the molecule is COCNC(=O)Nc1ccc(Cl)cc1Cl. The zero-order valence-electron chi connectivity index (χ0n) is 8.01. The molecule has 0 saturated heterocycles. The monoisotopic (exact) mass is 248 g/mol. The number of nitrogens with one attached hydrogen (secondary N) is 2. The van der Waals surface area contributed by atoms with Gasteiger partial charge in [-0.2, -0.15) is 0 Å². The molecule has 0 heterocycles. The minimum atomic E-state index is -0.388. The van der Waals surface area contributed by atoms with Gasteiger partial charge < -0.3 is 15.4 Å². The minimum absolute atomic E-state index is 0.136. The number of halogens is 2. The summed E-state index contributed by atoms with van der Waals surface area (Å²) in [6.45, 7) is 0.136. The van der Waals surface area contributed by atoms with Gasteiger partial charge >= 0.3 is 6.03 Å². The molecule has 0 saturated carbocycles. The molecule has 4 nitrogen and oxygen atoms in total. The van der Waals surface area contributed by atoms with Crippen LogP contribution in [0.1, 0.15) is 0 Å². The van der Waals surface area contributed by atoms with E-state index in [1.807, 2.05) is 0 Å². The van der Waals surface area contributed by atoms with Gasteiger partial charge in [0, 0.05) is 12.1 Å². The third kappa shape index (κ3) is 3.95. The van der Waals surface area contributed by atoms with E-state index < -0.39 is 0 Å². The van der Waals surface area contributed by atoms with Gasteiger partial charge in [0.25, 0.3) is 0 Å². The van der Waals surface area contributed by atoms with E-state index in [1.165, 1.54) is 7.11 Å². The highest BCUT2D eigenvalue weighted by Gasteiger charge is 2.04. The molecule has 15 heavy (non-hydrogen) atoms. The van der Waals surface area contributed by atoms with Crippen LogP contribution in [0, 0.1) is 0 Å². The first-order valence-electron chi connectivity index (χ1n) is 4.12. The van der Waals surface area contributed by atoms with Crippen molar-refractivity contribution in [3.63, 3.8) is 0 Å². The number of ether oxygens (including phenoxy) is 1. The summed E-state index contributed by atoms with van der Waals surface area (Å²) < 4.78 is 4.67. The smallest absolute Gasteiger partial charge is 0.321 e. The van der Waals surface area contributed by atoms with Crippen LogP contribution in [-0.4, -0.2) is 19.9 Å². The van der Waals surface area contributed by atoms with Gasteiger partial charge in [0.15, 0.2) is 0 Å². The maximum Gasteiger partial charge on any atom is 0.321 e. The number of urea groups is 1. The van der Waals surface area contributed by atoms with E-state index >= 15 is 0 Å². The van der Waals surface area contributed by atoms with Crippen LogP contribution in [0.2, 0.25) is 10.0 Å². The van der Waals surface area contributed by atoms with Crippen molar-refractivity contribution in [1.29, 1.82) is 0 Å². The Balaban J connectivity index is 2.60. The number of hydrogen-bond donors (Lipinski definition) is 2. The molecule has 0 fully saturated rings. The van der Waals surface area contributed by atoms with Crippen LogP contribution in [0.15, 0.2) is 18.2 Å². The van der Waals surface area contributed by atoms with Gasteiger partial charge in [-0.25, -0.2) is 4.79 Å². The first kappa shape index (κ1) is 12.1. The van der Waals surface area contributed by atoms with Crippen molar-refractivity contribution >= 4 is 34.9 Å². The molecule has 6 heteroatoms. The molecule has 82 valence electrons. The molecule has 0 unspecified atom stereocenters. The van der Waals surface area contributed by atoms with E-state index in [-0.39, 0.29) is 12.8 Å². The number of carbonyl (C=O) groups is 1. The molecule has 1 aromatic rings. The lowest BCUT2D eigenvalue weighted by Gasteiger charge is -2.08. The minimum Gasteiger partial charge on any atom is -0.364 e. The molecule has 0 aromatic heterocycles. The number of methoxy groups -OCH3 is 1. The molecule has 0 atom stereocenters. The standard InChI is InChI=1S/C9H10Cl2N2O2/c1-15-5-12-9(14)13-8-3-2-6(10)4-7(8)11/h2-4H,5H2,1H3,(H2,12,13,14). The van der Waals surface area contributed by atoms with Crippen LogP contribution in [0.3, 0.4) is 0 Å². The van der Waals surface area contributed by atoms with Crippen molar-refractivity contribution in [2.45, 2.75) is 0 Å². The number of amides is 2. The number of carbonyl (C=O) groups excluding carboxylic acids is 1. The lowest BCUT2D eigenvalue weighted by atomic mass is 10.3. The van der Waals surface area contributed by atoms with E-state index in [2.05, 4.69) is 15.4 Å². The second kappa shape index (κ2) is 5.80. The van der Waals surface area contributed by atoms with Gasteiger partial charge in [-0.3, -0.25) is 0 Å². The van der Waals surface area contributed by atoms with Crippen molar-refractivity contribution in [1.82, 2.24) is 5.32 Å². The van der Waals surface area contributed by atoms with Crippen LogP contribution in [0.25, 0.3) is 0 Å². The van der Waals surface area contributed by atoms with E-state index in [9.17, 15) is 4.79 Å². The van der Waals surface area contributed by atoms with Crippen molar-refractivity contribution < 1.29 is 9.53 Å². The van der Waals surface area contributed by atoms with Gasteiger partial charge in [0.2, 0.25) is 0 Å². The maximum absolute atomic E-state index is 11.2. The fourth-order valence-corrected chi connectivity index (χ4v) is 1.35. The van der Waals surface area contributed by atoms with Crippen LogP contribution in [-0.2, 0) is 4.74 Å². The van der Waals surface area contributed by atoms with Gasteiger partial charge in [0.1, 0.15) is 6.73 Å². The van der Waals surface area contributed by atoms with E-state index in [1.54, 1.807) is 18.2 Å². The first-order valence-corrected chi connectivity index (χ1v) is 4.88. The van der Waals surface area contributed by atoms with Crippen molar-refractivity contribution in [3.05, 3.63) is 28.2 Å². The second-order valence-electron chi connectivity index (χ2n) is 2.69. The topological polar surface area (TPSA) is 50.4 Å². The summed E-state index contributed by atoms with van der Waals surface area (Å²) in [4.78, 5) is 11.2. The van der Waals surface area contributed by atoms with Crippen molar-refractivity contribution in [2.24, 2.45) is 0 Å². The highest BCUT2D eigenvalue weighted by Crippen LogP contribution is 2.25. The van der Waals surface area contributed by atoms with Crippen LogP contribution < -0.4 is 10.6 Å². The largest absolute Gasteiger partial charge is 0.364 e. The quantitative estimate of drug-likeness (QED) is 0.809. The van der Waals surface area contributed by atoms with Crippen LogP contribution >= 0.6 is 23.2 Å². The summed E-state index contributed by atoms with van der Waals surface area (Å²) in [5.41, 5.74) is 0.495. The van der Waals surface area contributed by atoms with E-state index in [0.717, 1.165) is 0 Å². The summed E-state index contributed by atoms with van der Waals surface area (Å²) in [5.74, 6) is 0. The Hall–Kier alpha value is -0.970. The molecule has 0 aliphatic carbocycles. The molecule has 0 aliphatic rings. The highest BCUT2D eigenvalue weighted by atomic mass is 35.5. The molecule has 0 bridgehead atoms. The Morgan fingerprint density at radius 1 is 1.47 bits per heavy atom. The Kier molecular flexibility index (Phi) is 4.68. The van der Waals surface area contributed by atoms with Crippen molar-refractivity contribution in [3.8, 4) is 0 Å². The summed E-state index contributed by atoms with van der Waals surface area (Å²) in [5, 5.41) is 5.91. The zero-order chi connectivity index (χ0) is 11.3. The molecular weight excluding hydrogens is 239 g/mol. The average molecular weight is 249 g/mol. The Labute approximate surface area is 97.5 Å². The van der Waals surface area contributed by atoms with E-state index in [4.69, 9.17) is 23.2 Å². The summed E-state index contributed by atoms with van der Waals surface area (Å²) in [6, 6.07) is 4.42. The predicted molar refractivity (Wildman–Crippen MR) is 60.5 cm³/mol. The number of anilines is 1. The summed E-state index contributed by atoms with van der Waals surface area (Å²) in [6.07, 6.45) is 0. The molecule has 0 radical (unpaired) electrons. The molecule has 0 aliphatic heterocycles. The van der Waals surface area contributed by atoms with Gasteiger partial charge in [0.05, 0.1) is 10.7 Å². The normalized spacial score (nSPS) is 9.80. The van der Waals surface area contributed by atoms with Crippen molar-refractivity contribution in [2.75, 3.05) is 19.2 Å². The lowest BCUT2D eigenvalue weighted by Crippen LogP contribution is -2.30. The third-order valence-electron chi connectivity index (χ3n) is 1.56. The summed E-state index contributed by atoms with van der Waals surface area (Å²) >= 11 is 11.6. The molecule has 0 spiro atoms. The molecule has 1 rings (SSSR count). The fraction of sp³-hybridized carbons (Fsp3) is 0.222. The Bertz CT molecular complexity index is 358. The molecular formula is C9H10Cl2N2O2. The molecule has 1 aromatic carbocycles. The second-order valence-corrected chi connectivity index (χ2v) is 3.53. The predicted octanol–water partition coefficient (Wildman–Crippen LogP) is 2.72. The zero-order valence-corrected chi connectivity index (χ0v) is 9.52. The Morgan fingerprint density at radius 2 is 2.20 bits per heavy atom. The maximum atomic E-state index is 11.2. The number of rotatable bonds is 3. The van der Waals surface area contributed by atoms with Crippen LogP contribution in [0.4, 0.5) is 10.5 Å². The number of benzene rings is 1. The van der Waals surface area contributed by atoms with Gasteiger partial charge in [-0.15, -0.1) is 0 Å². The average Bonchev–Trinajstić information content (AvgIpc) is 2.19. The highest BCUT2D eigenvalue weighted by molar-refractivity contribution is 6.36. The fourth-order valence-electron chi connectivity index (χ4n) is 0.895. The van der Waals surface area contributed by atoms with Gasteiger partial charge in [-0.1, -0.05) is 23.2 Å². The first-order chi connectivity index (χ1) is 7.13. The van der Waals surface area contributed by atoms with E-state index in [0.29, 0.717) is 15.7 Å². The Morgan fingerprint density at radius 3 is 2.80 bits per heavy atom. The molecule has 2 amide bonds. The third-order valence-corrected chi connectivity index (χ3v) is 2.10. The van der Waals surface area contributed by atoms with Gasteiger partial charge in [-0.05, 0) is 18.2 Å². The van der Waals surface area contributed by atoms with Crippen LogP contribution in [0.5, 0.6) is 0 Å². The lowest BCUT2D eigenvalue weighted by molar-refractivity contribution is 0.177.